The maximum absolute atomic E-state index is 13.2. The number of phenolic OH excluding ortho intramolecular Hbond substituents is 1. The number of halogens is 1. The zero-order valence-electron chi connectivity index (χ0n) is 10.8. The molecule has 1 aliphatic rings. The number of carbonyl (C=O) groups is 1. The molecule has 0 saturated heterocycles. The summed E-state index contributed by atoms with van der Waals surface area (Å²) in [7, 11) is 0. The van der Waals surface area contributed by atoms with Crippen LogP contribution in [0.1, 0.15) is 11.1 Å². The molecule has 2 aromatic rings. The average Bonchev–Trinajstić information content (AvgIpc) is 2.87. The van der Waals surface area contributed by atoms with Crippen LogP contribution in [0.4, 0.5) is 10.1 Å². The van der Waals surface area contributed by atoms with Gasteiger partial charge in [0.1, 0.15) is 0 Å². The van der Waals surface area contributed by atoms with E-state index in [-0.39, 0.29) is 11.8 Å². The van der Waals surface area contributed by atoms with Crippen molar-refractivity contribution in [3.63, 3.8) is 0 Å². The fourth-order valence-corrected chi connectivity index (χ4v) is 2.57. The minimum Gasteiger partial charge on any atom is -0.505 e. The summed E-state index contributed by atoms with van der Waals surface area (Å²) in [5.74, 6) is -1.40. The minimum atomic E-state index is -0.738. The second kappa shape index (κ2) is 4.96. The number of anilines is 1. The Morgan fingerprint density at radius 1 is 1.15 bits per heavy atom. The van der Waals surface area contributed by atoms with Gasteiger partial charge in [0.15, 0.2) is 11.6 Å². The molecule has 1 aliphatic carbocycles. The molecule has 3 nitrogen and oxygen atoms in total. The predicted molar refractivity (Wildman–Crippen MR) is 74.0 cm³/mol. The Bertz CT molecular complexity index is 644. The SMILES string of the molecule is O=C(Nc1ccc(O)c(F)c1)C1Cc2ccccc2C1. The van der Waals surface area contributed by atoms with E-state index in [0.29, 0.717) is 18.5 Å². The Labute approximate surface area is 116 Å². The molecule has 2 N–H and O–H groups in total. The molecule has 3 rings (SSSR count). The number of fused-ring (bicyclic) bond motifs is 1. The third-order valence-electron chi connectivity index (χ3n) is 3.64. The highest BCUT2D eigenvalue weighted by molar-refractivity contribution is 5.93. The smallest absolute Gasteiger partial charge is 0.228 e. The fraction of sp³-hybridized carbons (Fsp3) is 0.188. The third-order valence-corrected chi connectivity index (χ3v) is 3.64. The first-order valence-electron chi connectivity index (χ1n) is 6.49. The fourth-order valence-electron chi connectivity index (χ4n) is 2.57. The van der Waals surface area contributed by atoms with Gasteiger partial charge in [-0.2, -0.15) is 0 Å². The number of aromatic hydroxyl groups is 1. The van der Waals surface area contributed by atoms with Crippen LogP contribution in [0.5, 0.6) is 5.75 Å². The van der Waals surface area contributed by atoms with E-state index in [1.807, 2.05) is 24.3 Å². The summed E-state index contributed by atoms with van der Waals surface area (Å²) in [4.78, 5) is 12.2. The summed E-state index contributed by atoms with van der Waals surface area (Å²) in [6, 6.07) is 11.8. The molecule has 102 valence electrons. The van der Waals surface area contributed by atoms with Crippen LogP contribution in [0.3, 0.4) is 0 Å². The number of phenols is 1. The van der Waals surface area contributed by atoms with Crippen LogP contribution in [0.2, 0.25) is 0 Å². The molecular weight excluding hydrogens is 257 g/mol. The summed E-state index contributed by atoms with van der Waals surface area (Å²) in [6.45, 7) is 0. The normalized spacial score (nSPS) is 14.1. The number of nitrogens with one attached hydrogen (secondary N) is 1. The van der Waals surface area contributed by atoms with Gasteiger partial charge in [0.25, 0.3) is 0 Å². The van der Waals surface area contributed by atoms with Gasteiger partial charge in [0, 0.05) is 17.7 Å². The summed E-state index contributed by atoms with van der Waals surface area (Å²) in [5, 5.41) is 11.8. The largest absolute Gasteiger partial charge is 0.505 e. The molecule has 0 saturated carbocycles. The van der Waals surface area contributed by atoms with Crippen molar-refractivity contribution in [1.29, 1.82) is 0 Å². The molecule has 0 bridgehead atoms. The summed E-state index contributed by atoms with van der Waals surface area (Å²) < 4.78 is 13.2. The quantitative estimate of drug-likeness (QED) is 0.825. The molecule has 0 aliphatic heterocycles. The summed E-state index contributed by atoms with van der Waals surface area (Å²) in [6.07, 6.45) is 1.42. The third kappa shape index (κ3) is 2.37. The molecule has 0 fully saturated rings. The zero-order chi connectivity index (χ0) is 14.1. The molecule has 2 aromatic carbocycles. The molecule has 4 heteroatoms. The molecule has 0 spiro atoms. The van der Waals surface area contributed by atoms with Gasteiger partial charge in [-0.25, -0.2) is 4.39 Å². The topological polar surface area (TPSA) is 49.3 Å². The van der Waals surface area contributed by atoms with Crippen LogP contribution in [-0.4, -0.2) is 11.0 Å². The van der Waals surface area contributed by atoms with E-state index in [9.17, 15) is 9.18 Å². The van der Waals surface area contributed by atoms with Crippen molar-refractivity contribution in [1.82, 2.24) is 0 Å². The molecule has 0 atom stereocenters. The van der Waals surface area contributed by atoms with Gasteiger partial charge in [-0.15, -0.1) is 0 Å². The summed E-state index contributed by atoms with van der Waals surface area (Å²) in [5.41, 5.74) is 2.76. The molecule has 1 amide bonds. The van der Waals surface area contributed by atoms with Crippen molar-refractivity contribution in [2.45, 2.75) is 12.8 Å². The molecule has 0 unspecified atom stereocenters. The highest BCUT2D eigenvalue weighted by Crippen LogP contribution is 2.28. The number of hydrogen-bond acceptors (Lipinski definition) is 2. The van der Waals surface area contributed by atoms with Gasteiger partial charge < -0.3 is 10.4 Å². The Kier molecular flexibility index (Phi) is 3.14. The van der Waals surface area contributed by atoms with Crippen molar-refractivity contribution < 1.29 is 14.3 Å². The van der Waals surface area contributed by atoms with Crippen LogP contribution < -0.4 is 5.32 Å². The monoisotopic (exact) mass is 271 g/mol. The van der Waals surface area contributed by atoms with E-state index in [2.05, 4.69) is 5.32 Å². The Morgan fingerprint density at radius 2 is 1.80 bits per heavy atom. The van der Waals surface area contributed by atoms with Gasteiger partial charge >= 0.3 is 0 Å². The maximum atomic E-state index is 13.2. The van der Waals surface area contributed by atoms with Crippen LogP contribution in [0.25, 0.3) is 0 Å². The van der Waals surface area contributed by atoms with Gasteiger partial charge in [0.2, 0.25) is 5.91 Å². The average molecular weight is 271 g/mol. The van der Waals surface area contributed by atoms with E-state index in [1.54, 1.807) is 0 Å². The van der Waals surface area contributed by atoms with E-state index >= 15 is 0 Å². The minimum absolute atomic E-state index is 0.119. The number of amides is 1. The maximum Gasteiger partial charge on any atom is 0.228 e. The van der Waals surface area contributed by atoms with Crippen LogP contribution >= 0.6 is 0 Å². The molecular formula is C16H14FNO2. The Morgan fingerprint density at radius 3 is 2.40 bits per heavy atom. The van der Waals surface area contributed by atoms with Crippen LogP contribution in [0.15, 0.2) is 42.5 Å². The second-order valence-electron chi connectivity index (χ2n) is 5.03. The van der Waals surface area contributed by atoms with Crippen LogP contribution in [0, 0.1) is 11.7 Å². The van der Waals surface area contributed by atoms with E-state index in [1.165, 1.54) is 23.3 Å². The number of hydrogen-bond donors (Lipinski definition) is 2. The van der Waals surface area contributed by atoms with Crippen molar-refractivity contribution in [3.05, 3.63) is 59.4 Å². The first-order valence-corrected chi connectivity index (χ1v) is 6.49. The van der Waals surface area contributed by atoms with E-state index in [4.69, 9.17) is 5.11 Å². The standard InChI is InChI=1S/C16H14FNO2/c17-14-9-13(5-6-15(14)19)18-16(20)12-7-10-3-1-2-4-11(10)8-12/h1-6,9,12,19H,7-8H2,(H,18,20). The van der Waals surface area contributed by atoms with Crippen molar-refractivity contribution in [3.8, 4) is 5.75 Å². The van der Waals surface area contributed by atoms with Gasteiger partial charge in [-0.05, 0) is 36.1 Å². The molecule has 0 radical (unpaired) electrons. The van der Waals surface area contributed by atoms with Crippen molar-refractivity contribution in [2.24, 2.45) is 5.92 Å². The van der Waals surface area contributed by atoms with E-state index < -0.39 is 11.6 Å². The zero-order valence-corrected chi connectivity index (χ0v) is 10.8. The molecule has 20 heavy (non-hydrogen) atoms. The van der Waals surface area contributed by atoms with Crippen molar-refractivity contribution in [2.75, 3.05) is 5.32 Å². The van der Waals surface area contributed by atoms with Crippen LogP contribution in [-0.2, 0) is 17.6 Å². The number of benzene rings is 2. The predicted octanol–water partition coefficient (Wildman–Crippen LogP) is 2.88. The van der Waals surface area contributed by atoms with Gasteiger partial charge in [-0.3, -0.25) is 4.79 Å². The first kappa shape index (κ1) is 12.7. The lowest BCUT2D eigenvalue weighted by atomic mass is 10.1. The number of carbonyl (C=O) groups excluding carboxylic acids is 1. The Hall–Kier alpha value is -2.36. The Balaban J connectivity index is 1.71. The molecule has 0 heterocycles. The lowest BCUT2D eigenvalue weighted by molar-refractivity contribution is -0.119. The molecule has 0 aromatic heterocycles. The van der Waals surface area contributed by atoms with E-state index in [0.717, 1.165) is 6.07 Å². The number of rotatable bonds is 2. The highest BCUT2D eigenvalue weighted by Gasteiger charge is 2.27. The van der Waals surface area contributed by atoms with Crippen molar-refractivity contribution >= 4 is 11.6 Å². The second-order valence-corrected chi connectivity index (χ2v) is 5.03. The van der Waals surface area contributed by atoms with Gasteiger partial charge in [0.05, 0.1) is 0 Å². The first-order chi connectivity index (χ1) is 9.63. The highest BCUT2D eigenvalue weighted by atomic mass is 19.1. The lowest BCUT2D eigenvalue weighted by Crippen LogP contribution is -2.23. The lowest BCUT2D eigenvalue weighted by Gasteiger charge is -2.10. The summed E-state index contributed by atoms with van der Waals surface area (Å²) >= 11 is 0. The van der Waals surface area contributed by atoms with Gasteiger partial charge in [-0.1, -0.05) is 24.3 Å².